The minimum absolute atomic E-state index is 0.398. The van der Waals surface area contributed by atoms with E-state index in [0.29, 0.717) is 15.0 Å². The van der Waals surface area contributed by atoms with Crippen molar-refractivity contribution in [2.45, 2.75) is 6.92 Å². The Bertz CT molecular complexity index is 727. The van der Waals surface area contributed by atoms with Gasteiger partial charge in [0.1, 0.15) is 5.82 Å². The monoisotopic (exact) mass is 374 g/mol. The Labute approximate surface area is 120 Å². The lowest BCUT2D eigenvalue weighted by molar-refractivity contribution is 0.0686. The lowest BCUT2D eigenvalue weighted by Gasteiger charge is -2.11. The first kappa shape index (κ1) is 13.7. The summed E-state index contributed by atoms with van der Waals surface area (Å²) in [5.74, 6) is -1.79. The van der Waals surface area contributed by atoms with Gasteiger partial charge in [0.15, 0.2) is 0 Å². The number of benzene rings is 1. The highest BCUT2D eigenvalue weighted by Crippen LogP contribution is 2.18. The van der Waals surface area contributed by atoms with Crippen LogP contribution in [0.4, 0.5) is 4.39 Å². The Kier molecular flexibility index (Phi) is 3.65. The zero-order chi connectivity index (χ0) is 14.2. The molecule has 1 aromatic heterocycles. The minimum atomic E-state index is -1.39. The molecule has 98 valence electrons. The zero-order valence-electron chi connectivity index (χ0n) is 9.72. The van der Waals surface area contributed by atoms with E-state index in [2.05, 4.69) is 5.10 Å². The van der Waals surface area contributed by atoms with E-state index in [9.17, 15) is 14.0 Å². The molecule has 0 saturated heterocycles. The first-order chi connectivity index (χ1) is 8.90. The Morgan fingerprint density at radius 3 is 2.68 bits per heavy atom. The van der Waals surface area contributed by atoms with Crippen molar-refractivity contribution in [2.24, 2.45) is 0 Å². The number of halogens is 2. The van der Waals surface area contributed by atoms with E-state index in [1.165, 1.54) is 28.9 Å². The predicted molar refractivity (Wildman–Crippen MR) is 74.2 cm³/mol. The topological polar surface area (TPSA) is 72.2 Å². The van der Waals surface area contributed by atoms with Gasteiger partial charge in [-0.25, -0.2) is 13.9 Å². The van der Waals surface area contributed by atoms with Crippen LogP contribution in [0.25, 0.3) is 5.69 Å². The number of rotatable bonds is 2. The number of carboxylic acid groups (broad SMARTS) is 1. The number of aromatic nitrogens is 2. The molecule has 0 unspecified atom stereocenters. The van der Waals surface area contributed by atoms with Gasteiger partial charge in [0, 0.05) is 15.3 Å². The summed E-state index contributed by atoms with van der Waals surface area (Å²) < 4.78 is 14.9. The van der Waals surface area contributed by atoms with Crippen LogP contribution in [0.2, 0.25) is 0 Å². The molecule has 7 heteroatoms. The van der Waals surface area contributed by atoms with Crippen molar-refractivity contribution >= 4 is 28.6 Å². The SMILES string of the molecule is Cc1cc(=O)c(C(=O)O)nn1-c1ccc(F)cc1I. The quantitative estimate of drug-likeness (QED) is 0.817. The molecule has 2 aromatic rings. The fourth-order valence-electron chi connectivity index (χ4n) is 1.59. The van der Waals surface area contributed by atoms with E-state index in [1.807, 2.05) is 22.6 Å². The van der Waals surface area contributed by atoms with Gasteiger partial charge in [0.05, 0.1) is 5.69 Å². The molecule has 0 radical (unpaired) electrons. The normalized spacial score (nSPS) is 10.5. The van der Waals surface area contributed by atoms with E-state index in [-0.39, 0.29) is 0 Å². The molecule has 1 N–H and O–H groups in total. The molecule has 0 aliphatic rings. The van der Waals surface area contributed by atoms with Crippen molar-refractivity contribution < 1.29 is 14.3 Å². The van der Waals surface area contributed by atoms with Crippen molar-refractivity contribution in [3.8, 4) is 5.69 Å². The van der Waals surface area contributed by atoms with Crippen LogP contribution in [0, 0.1) is 16.3 Å². The molecule has 1 heterocycles. The highest BCUT2D eigenvalue weighted by Gasteiger charge is 2.15. The molecular weight excluding hydrogens is 366 g/mol. The van der Waals surface area contributed by atoms with Gasteiger partial charge in [-0.3, -0.25) is 4.79 Å². The second-order valence-corrected chi connectivity index (χ2v) is 4.97. The summed E-state index contributed by atoms with van der Waals surface area (Å²) in [5.41, 5.74) is -0.231. The first-order valence-electron chi connectivity index (χ1n) is 5.20. The van der Waals surface area contributed by atoms with Crippen LogP contribution >= 0.6 is 22.6 Å². The number of hydrogen-bond donors (Lipinski definition) is 1. The third kappa shape index (κ3) is 2.65. The average molecular weight is 374 g/mol. The lowest BCUT2D eigenvalue weighted by atomic mass is 10.3. The van der Waals surface area contributed by atoms with Crippen LogP contribution in [0.3, 0.4) is 0 Å². The van der Waals surface area contributed by atoms with Crippen LogP contribution < -0.4 is 5.43 Å². The molecule has 0 atom stereocenters. The van der Waals surface area contributed by atoms with Gasteiger partial charge in [-0.05, 0) is 47.7 Å². The highest BCUT2D eigenvalue weighted by molar-refractivity contribution is 14.1. The number of nitrogens with zero attached hydrogens (tertiary/aromatic N) is 2. The molecule has 0 amide bonds. The van der Waals surface area contributed by atoms with Crippen LogP contribution in [-0.2, 0) is 0 Å². The van der Waals surface area contributed by atoms with Crippen LogP contribution in [0.1, 0.15) is 16.2 Å². The molecule has 2 rings (SSSR count). The number of carbonyl (C=O) groups is 1. The average Bonchev–Trinajstić information content (AvgIpc) is 2.30. The molecule has 0 bridgehead atoms. The van der Waals surface area contributed by atoms with Crippen LogP contribution in [0.5, 0.6) is 0 Å². The maximum Gasteiger partial charge on any atom is 0.360 e. The van der Waals surface area contributed by atoms with Gasteiger partial charge >= 0.3 is 5.97 Å². The predicted octanol–water partition coefficient (Wildman–Crippen LogP) is 1.98. The summed E-state index contributed by atoms with van der Waals surface area (Å²) >= 11 is 1.92. The van der Waals surface area contributed by atoms with E-state index in [1.54, 1.807) is 6.92 Å². The van der Waals surface area contributed by atoms with Gasteiger partial charge in [-0.15, -0.1) is 0 Å². The van der Waals surface area contributed by atoms with E-state index < -0.39 is 22.9 Å². The van der Waals surface area contributed by atoms with Crippen molar-refractivity contribution in [1.82, 2.24) is 9.78 Å². The second-order valence-electron chi connectivity index (χ2n) is 3.81. The zero-order valence-corrected chi connectivity index (χ0v) is 11.9. The summed E-state index contributed by atoms with van der Waals surface area (Å²) in [4.78, 5) is 22.4. The minimum Gasteiger partial charge on any atom is -0.476 e. The Balaban J connectivity index is 2.71. The van der Waals surface area contributed by atoms with Gasteiger partial charge < -0.3 is 5.11 Å². The third-order valence-electron chi connectivity index (χ3n) is 2.45. The molecule has 0 fully saturated rings. The van der Waals surface area contributed by atoms with Crippen molar-refractivity contribution in [2.75, 3.05) is 0 Å². The largest absolute Gasteiger partial charge is 0.476 e. The van der Waals surface area contributed by atoms with Crippen molar-refractivity contribution in [3.05, 3.63) is 55.3 Å². The van der Waals surface area contributed by atoms with Gasteiger partial charge in [-0.2, -0.15) is 5.10 Å². The van der Waals surface area contributed by atoms with E-state index >= 15 is 0 Å². The first-order valence-corrected chi connectivity index (χ1v) is 6.27. The maximum absolute atomic E-state index is 13.1. The van der Waals surface area contributed by atoms with Gasteiger partial charge in [0.2, 0.25) is 11.1 Å². The van der Waals surface area contributed by atoms with Crippen LogP contribution in [0.15, 0.2) is 29.1 Å². The number of aryl methyl sites for hydroxylation is 1. The maximum atomic E-state index is 13.1. The number of aromatic carboxylic acids is 1. The number of carboxylic acids is 1. The Morgan fingerprint density at radius 1 is 1.42 bits per heavy atom. The Hall–Kier alpha value is -1.77. The fourth-order valence-corrected chi connectivity index (χ4v) is 2.30. The summed E-state index contributed by atoms with van der Waals surface area (Å²) in [7, 11) is 0. The highest BCUT2D eigenvalue weighted by atomic mass is 127. The standard InChI is InChI=1S/C12H8FIN2O3/c1-6-4-10(17)11(12(18)19)15-16(6)9-3-2-7(13)5-8(9)14/h2-5H,1H3,(H,18,19). The molecule has 0 saturated carbocycles. The molecule has 5 nitrogen and oxygen atoms in total. The summed E-state index contributed by atoms with van der Waals surface area (Å²) in [5, 5.41) is 12.7. The molecule has 19 heavy (non-hydrogen) atoms. The lowest BCUT2D eigenvalue weighted by Crippen LogP contribution is -2.22. The van der Waals surface area contributed by atoms with Gasteiger partial charge in [-0.1, -0.05) is 0 Å². The number of hydrogen-bond acceptors (Lipinski definition) is 3. The second kappa shape index (κ2) is 5.08. The summed E-state index contributed by atoms with van der Waals surface area (Å²) in [6, 6.07) is 5.22. The third-order valence-corrected chi connectivity index (χ3v) is 3.31. The van der Waals surface area contributed by atoms with E-state index in [4.69, 9.17) is 5.11 Å². The molecule has 1 aromatic carbocycles. The fraction of sp³-hybridized carbons (Fsp3) is 0.0833. The molecular formula is C12H8FIN2O3. The Morgan fingerprint density at radius 2 is 2.11 bits per heavy atom. The van der Waals surface area contributed by atoms with Crippen LogP contribution in [-0.4, -0.2) is 20.9 Å². The van der Waals surface area contributed by atoms with Crippen molar-refractivity contribution in [3.63, 3.8) is 0 Å². The molecule has 0 aliphatic heterocycles. The summed E-state index contributed by atoms with van der Waals surface area (Å²) in [6.45, 7) is 1.62. The van der Waals surface area contributed by atoms with E-state index in [0.717, 1.165) is 0 Å². The van der Waals surface area contributed by atoms with Gasteiger partial charge in [0.25, 0.3) is 0 Å². The summed E-state index contributed by atoms with van der Waals surface area (Å²) in [6.07, 6.45) is 0. The van der Waals surface area contributed by atoms with Crippen molar-refractivity contribution in [1.29, 1.82) is 0 Å². The smallest absolute Gasteiger partial charge is 0.360 e. The molecule has 0 aliphatic carbocycles. The molecule has 0 spiro atoms.